The third-order valence-corrected chi connectivity index (χ3v) is 2.73. The summed E-state index contributed by atoms with van der Waals surface area (Å²) < 4.78 is 0. The maximum absolute atomic E-state index is 11.8. The number of H-pyrrole nitrogens is 1. The minimum absolute atomic E-state index is 0.0838. The summed E-state index contributed by atoms with van der Waals surface area (Å²) in [6.07, 6.45) is 3.64. The van der Waals surface area contributed by atoms with Gasteiger partial charge in [-0.25, -0.2) is 15.0 Å². The molecule has 0 bridgehead atoms. The molecule has 0 unspecified atom stereocenters. The Bertz CT molecular complexity index is 594. The van der Waals surface area contributed by atoms with Gasteiger partial charge in [-0.15, -0.1) is 5.10 Å². The lowest BCUT2D eigenvalue weighted by Crippen LogP contribution is -2.15. The summed E-state index contributed by atoms with van der Waals surface area (Å²) in [7, 11) is 0. The number of hydrogen-bond acceptors (Lipinski definition) is 5. The van der Waals surface area contributed by atoms with Gasteiger partial charge in [0.1, 0.15) is 11.0 Å². The topological polar surface area (TPSA) is 96.5 Å². The average molecular weight is 265 g/mol. The van der Waals surface area contributed by atoms with Gasteiger partial charge in [0.25, 0.3) is 5.91 Å². The predicted octanol–water partition coefficient (Wildman–Crippen LogP) is 1.38. The third kappa shape index (κ3) is 2.30. The maximum atomic E-state index is 11.8. The van der Waals surface area contributed by atoms with Crippen LogP contribution in [0.2, 0.25) is 5.15 Å². The number of aromatic nitrogens is 5. The SMILES string of the molecule is O=C(Nc1nccc(Cl)n1)c1n[nH]c(C2CC2)n1. The number of anilines is 1. The zero-order valence-corrected chi connectivity index (χ0v) is 9.98. The lowest BCUT2D eigenvalue weighted by Gasteiger charge is -1.99. The second-order valence-corrected chi connectivity index (χ2v) is 4.36. The second kappa shape index (κ2) is 4.34. The van der Waals surface area contributed by atoms with E-state index in [9.17, 15) is 4.79 Å². The molecule has 1 fully saturated rings. The van der Waals surface area contributed by atoms with Crippen molar-refractivity contribution in [3.05, 3.63) is 29.1 Å². The van der Waals surface area contributed by atoms with Crippen molar-refractivity contribution in [2.45, 2.75) is 18.8 Å². The Kier molecular flexibility index (Phi) is 2.67. The first-order chi connectivity index (χ1) is 8.72. The summed E-state index contributed by atoms with van der Waals surface area (Å²) >= 11 is 5.69. The molecule has 1 amide bonds. The van der Waals surface area contributed by atoms with Crippen LogP contribution in [0.4, 0.5) is 5.95 Å². The molecule has 1 saturated carbocycles. The van der Waals surface area contributed by atoms with E-state index in [2.05, 4.69) is 30.5 Å². The molecule has 0 atom stereocenters. The van der Waals surface area contributed by atoms with Crippen LogP contribution in [0.25, 0.3) is 0 Å². The molecular weight excluding hydrogens is 256 g/mol. The van der Waals surface area contributed by atoms with Crippen molar-refractivity contribution in [3.63, 3.8) is 0 Å². The lowest BCUT2D eigenvalue weighted by atomic mass is 10.4. The number of halogens is 1. The summed E-state index contributed by atoms with van der Waals surface area (Å²) in [6, 6.07) is 1.52. The Morgan fingerprint density at radius 3 is 3.00 bits per heavy atom. The van der Waals surface area contributed by atoms with Gasteiger partial charge in [0.2, 0.25) is 11.8 Å². The van der Waals surface area contributed by atoms with Crippen molar-refractivity contribution in [2.24, 2.45) is 0 Å². The molecule has 7 nitrogen and oxygen atoms in total. The van der Waals surface area contributed by atoms with Gasteiger partial charge in [-0.3, -0.25) is 15.2 Å². The first-order valence-electron chi connectivity index (χ1n) is 5.44. The minimum atomic E-state index is -0.458. The van der Waals surface area contributed by atoms with E-state index in [4.69, 9.17) is 11.6 Å². The largest absolute Gasteiger partial charge is 0.297 e. The first-order valence-corrected chi connectivity index (χ1v) is 5.82. The fourth-order valence-electron chi connectivity index (χ4n) is 1.47. The van der Waals surface area contributed by atoms with Crippen LogP contribution in [-0.2, 0) is 0 Å². The third-order valence-electron chi connectivity index (χ3n) is 2.52. The van der Waals surface area contributed by atoms with Gasteiger partial charge < -0.3 is 0 Å². The van der Waals surface area contributed by atoms with Crippen molar-refractivity contribution in [1.82, 2.24) is 25.1 Å². The second-order valence-electron chi connectivity index (χ2n) is 3.98. The zero-order chi connectivity index (χ0) is 12.5. The van der Waals surface area contributed by atoms with E-state index in [-0.39, 0.29) is 16.9 Å². The van der Waals surface area contributed by atoms with E-state index in [1.165, 1.54) is 12.3 Å². The molecule has 8 heteroatoms. The summed E-state index contributed by atoms with van der Waals surface area (Å²) in [6.45, 7) is 0. The molecule has 92 valence electrons. The number of aromatic amines is 1. The Balaban J connectivity index is 1.73. The standard InChI is InChI=1S/C10H9ClN6O/c11-6-3-4-12-10(13-6)15-9(18)8-14-7(16-17-8)5-1-2-5/h3-5H,1-2H2,(H,14,16,17)(H,12,13,15,18). The molecule has 1 aliphatic carbocycles. The van der Waals surface area contributed by atoms with E-state index >= 15 is 0 Å². The van der Waals surface area contributed by atoms with E-state index < -0.39 is 5.91 Å². The molecule has 2 aromatic heterocycles. The van der Waals surface area contributed by atoms with Crippen molar-refractivity contribution in [1.29, 1.82) is 0 Å². The van der Waals surface area contributed by atoms with E-state index in [1.54, 1.807) is 0 Å². The fraction of sp³-hybridized carbons (Fsp3) is 0.300. The zero-order valence-electron chi connectivity index (χ0n) is 9.22. The Hall–Kier alpha value is -2.02. The van der Waals surface area contributed by atoms with Crippen LogP contribution in [0, 0.1) is 0 Å². The van der Waals surface area contributed by atoms with E-state index in [0.717, 1.165) is 18.7 Å². The van der Waals surface area contributed by atoms with Gasteiger partial charge in [-0.05, 0) is 18.9 Å². The Labute approximate surface area is 107 Å². The molecule has 0 radical (unpaired) electrons. The predicted molar refractivity (Wildman–Crippen MR) is 63.4 cm³/mol. The summed E-state index contributed by atoms with van der Waals surface area (Å²) in [4.78, 5) is 23.6. The number of nitrogens with one attached hydrogen (secondary N) is 2. The smallest absolute Gasteiger partial charge is 0.288 e. The molecule has 3 rings (SSSR count). The Morgan fingerprint density at radius 1 is 1.44 bits per heavy atom. The quantitative estimate of drug-likeness (QED) is 0.817. The molecule has 2 aromatic rings. The maximum Gasteiger partial charge on any atom is 0.297 e. The van der Waals surface area contributed by atoms with Gasteiger partial charge in [0.15, 0.2) is 0 Å². The lowest BCUT2D eigenvalue weighted by molar-refractivity contribution is 0.101. The number of rotatable bonds is 3. The molecule has 0 aromatic carbocycles. The molecule has 18 heavy (non-hydrogen) atoms. The van der Waals surface area contributed by atoms with Gasteiger partial charge in [0, 0.05) is 12.1 Å². The number of nitrogens with zero attached hydrogens (tertiary/aromatic N) is 4. The van der Waals surface area contributed by atoms with E-state index in [0.29, 0.717) is 5.92 Å². The van der Waals surface area contributed by atoms with Crippen molar-refractivity contribution in [2.75, 3.05) is 5.32 Å². The highest BCUT2D eigenvalue weighted by atomic mass is 35.5. The normalized spacial score (nSPS) is 14.5. The van der Waals surface area contributed by atoms with Crippen LogP contribution in [0.5, 0.6) is 0 Å². The summed E-state index contributed by atoms with van der Waals surface area (Å²) in [5, 5.41) is 9.36. The number of carbonyl (C=O) groups excluding carboxylic acids is 1. The Morgan fingerprint density at radius 2 is 2.28 bits per heavy atom. The van der Waals surface area contributed by atoms with Crippen molar-refractivity contribution >= 4 is 23.5 Å². The highest BCUT2D eigenvalue weighted by Gasteiger charge is 2.28. The van der Waals surface area contributed by atoms with Crippen LogP contribution in [0.1, 0.15) is 35.2 Å². The molecule has 0 spiro atoms. The molecule has 0 saturated heterocycles. The highest BCUT2D eigenvalue weighted by molar-refractivity contribution is 6.29. The molecule has 1 aliphatic rings. The van der Waals surface area contributed by atoms with Crippen molar-refractivity contribution < 1.29 is 4.79 Å². The molecule has 2 N–H and O–H groups in total. The van der Waals surface area contributed by atoms with Gasteiger partial charge in [-0.2, -0.15) is 0 Å². The van der Waals surface area contributed by atoms with Crippen molar-refractivity contribution in [3.8, 4) is 0 Å². The fourth-order valence-corrected chi connectivity index (χ4v) is 1.61. The number of carbonyl (C=O) groups is 1. The van der Waals surface area contributed by atoms with Crippen LogP contribution in [0.3, 0.4) is 0 Å². The van der Waals surface area contributed by atoms with Crippen LogP contribution < -0.4 is 5.32 Å². The number of amides is 1. The number of hydrogen-bond donors (Lipinski definition) is 2. The molecule has 0 aliphatic heterocycles. The van der Waals surface area contributed by atoms with Crippen LogP contribution in [0.15, 0.2) is 12.3 Å². The summed E-state index contributed by atoms with van der Waals surface area (Å²) in [5.41, 5.74) is 0. The van der Waals surface area contributed by atoms with Gasteiger partial charge in [0.05, 0.1) is 0 Å². The monoisotopic (exact) mass is 264 g/mol. The highest BCUT2D eigenvalue weighted by Crippen LogP contribution is 2.37. The van der Waals surface area contributed by atoms with Gasteiger partial charge in [-0.1, -0.05) is 11.6 Å². The first kappa shape index (κ1) is 11.1. The van der Waals surface area contributed by atoms with Gasteiger partial charge >= 0.3 is 0 Å². The minimum Gasteiger partial charge on any atom is -0.288 e. The molecular formula is C10H9ClN6O. The average Bonchev–Trinajstić information content (AvgIpc) is 3.07. The summed E-state index contributed by atoms with van der Waals surface area (Å²) in [5.74, 6) is 0.930. The van der Waals surface area contributed by atoms with Crippen LogP contribution in [-0.4, -0.2) is 31.1 Å². The molecule has 2 heterocycles. The van der Waals surface area contributed by atoms with Crippen LogP contribution >= 0.6 is 11.6 Å². The van der Waals surface area contributed by atoms with E-state index in [1.807, 2.05) is 0 Å².